The summed E-state index contributed by atoms with van der Waals surface area (Å²) in [6.07, 6.45) is 7.92. The smallest absolute Gasteiger partial charge is 0.246 e. The lowest BCUT2D eigenvalue weighted by molar-refractivity contribution is -0.117. The third kappa shape index (κ3) is 2.84. The van der Waals surface area contributed by atoms with Gasteiger partial charge in [-0.25, -0.2) is 18.7 Å². The summed E-state index contributed by atoms with van der Waals surface area (Å²) in [5, 5.41) is 0. The molecule has 1 aromatic carbocycles. The molecule has 1 aliphatic carbocycles. The molecule has 148 valence electrons. The normalized spacial score (nSPS) is 16.7. The molecule has 1 saturated carbocycles. The molecule has 5 rings (SSSR count). The first-order valence-corrected chi connectivity index (χ1v) is 9.42. The zero-order valence-corrected chi connectivity index (χ0v) is 15.7. The molecule has 0 N–H and O–H groups in total. The summed E-state index contributed by atoms with van der Waals surface area (Å²) in [6.45, 7) is 0.272. The molecular formula is C20H18F2N6O. The zero-order valence-electron chi connectivity index (χ0n) is 15.7. The van der Waals surface area contributed by atoms with Crippen LogP contribution < -0.4 is 9.80 Å². The number of benzene rings is 1. The van der Waals surface area contributed by atoms with Crippen LogP contribution in [-0.4, -0.2) is 45.1 Å². The van der Waals surface area contributed by atoms with E-state index in [4.69, 9.17) is 4.98 Å². The van der Waals surface area contributed by atoms with Crippen molar-refractivity contribution in [3.05, 3.63) is 48.4 Å². The second-order valence-corrected chi connectivity index (χ2v) is 7.29. The van der Waals surface area contributed by atoms with Crippen LogP contribution in [0.25, 0.3) is 17.3 Å². The van der Waals surface area contributed by atoms with E-state index in [2.05, 4.69) is 9.97 Å². The standard InChI is InChI=1S/C20H18F2N6O/c1-26-16-10-24-20(25-19(16)28(11-17(26)29)13-3-2-4-13)27-8-7-23-18(27)14-6-5-12(21)9-15(14)22/h5-10,13H,2-4,11H2,1H3. The van der Waals surface area contributed by atoms with Crippen LogP contribution in [0.15, 0.2) is 36.8 Å². The molecular weight excluding hydrogens is 378 g/mol. The number of nitrogens with zero attached hydrogens (tertiary/aromatic N) is 6. The lowest BCUT2D eigenvalue weighted by atomic mass is 9.91. The molecule has 1 amide bonds. The number of rotatable bonds is 3. The zero-order chi connectivity index (χ0) is 20.1. The molecule has 1 fully saturated rings. The summed E-state index contributed by atoms with van der Waals surface area (Å²) >= 11 is 0. The maximum atomic E-state index is 14.3. The number of anilines is 2. The molecule has 2 aromatic heterocycles. The fourth-order valence-electron chi connectivity index (χ4n) is 3.72. The first-order chi connectivity index (χ1) is 14.0. The average Bonchev–Trinajstić information content (AvgIpc) is 3.13. The van der Waals surface area contributed by atoms with Gasteiger partial charge >= 0.3 is 0 Å². The molecule has 29 heavy (non-hydrogen) atoms. The van der Waals surface area contributed by atoms with E-state index >= 15 is 0 Å². The van der Waals surface area contributed by atoms with Gasteiger partial charge in [0.15, 0.2) is 5.82 Å². The average molecular weight is 396 g/mol. The number of halogens is 2. The van der Waals surface area contributed by atoms with Crippen molar-refractivity contribution in [2.24, 2.45) is 0 Å². The van der Waals surface area contributed by atoms with Crippen molar-refractivity contribution < 1.29 is 13.6 Å². The van der Waals surface area contributed by atoms with Crippen LogP contribution in [0.4, 0.5) is 20.3 Å². The number of likely N-dealkylation sites (N-methyl/N-ethyl adjacent to an activating group) is 1. The van der Waals surface area contributed by atoms with E-state index in [0.29, 0.717) is 17.5 Å². The van der Waals surface area contributed by atoms with Crippen molar-refractivity contribution in [2.75, 3.05) is 23.4 Å². The Morgan fingerprint density at radius 3 is 2.72 bits per heavy atom. The molecule has 7 nitrogen and oxygen atoms in total. The number of imidazole rings is 1. The molecule has 0 spiro atoms. The van der Waals surface area contributed by atoms with Crippen LogP contribution in [0.5, 0.6) is 0 Å². The molecule has 0 atom stereocenters. The maximum absolute atomic E-state index is 14.3. The van der Waals surface area contributed by atoms with Gasteiger partial charge in [-0.1, -0.05) is 0 Å². The highest BCUT2D eigenvalue weighted by atomic mass is 19.1. The number of carbonyl (C=O) groups is 1. The second kappa shape index (κ2) is 6.61. The Hall–Kier alpha value is -3.36. The number of carbonyl (C=O) groups excluding carboxylic acids is 1. The van der Waals surface area contributed by atoms with E-state index in [9.17, 15) is 13.6 Å². The van der Waals surface area contributed by atoms with Gasteiger partial charge in [0.2, 0.25) is 11.9 Å². The Morgan fingerprint density at radius 1 is 1.17 bits per heavy atom. The van der Waals surface area contributed by atoms with Gasteiger partial charge in [0.1, 0.15) is 23.1 Å². The Bertz CT molecular complexity index is 1110. The van der Waals surface area contributed by atoms with Crippen molar-refractivity contribution in [1.29, 1.82) is 0 Å². The van der Waals surface area contributed by atoms with Crippen molar-refractivity contribution in [1.82, 2.24) is 19.5 Å². The fraction of sp³-hybridized carbons (Fsp3) is 0.300. The first-order valence-electron chi connectivity index (χ1n) is 9.42. The van der Waals surface area contributed by atoms with Gasteiger partial charge < -0.3 is 9.80 Å². The molecule has 9 heteroatoms. The van der Waals surface area contributed by atoms with Crippen molar-refractivity contribution in [2.45, 2.75) is 25.3 Å². The van der Waals surface area contributed by atoms with Crippen LogP contribution in [0, 0.1) is 11.6 Å². The van der Waals surface area contributed by atoms with Crippen LogP contribution in [0.2, 0.25) is 0 Å². The third-order valence-corrected chi connectivity index (χ3v) is 5.59. The van der Waals surface area contributed by atoms with Gasteiger partial charge in [-0.3, -0.25) is 9.36 Å². The largest absolute Gasteiger partial charge is 0.342 e. The quantitative estimate of drug-likeness (QED) is 0.681. The van der Waals surface area contributed by atoms with Crippen LogP contribution in [0.1, 0.15) is 19.3 Å². The highest BCUT2D eigenvalue weighted by Gasteiger charge is 2.35. The minimum Gasteiger partial charge on any atom is -0.342 e. The number of aromatic nitrogens is 4. The van der Waals surface area contributed by atoms with E-state index < -0.39 is 11.6 Å². The summed E-state index contributed by atoms with van der Waals surface area (Å²) < 4.78 is 29.2. The van der Waals surface area contributed by atoms with Gasteiger partial charge in [0.05, 0.1) is 18.3 Å². The summed E-state index contributed by atoms with van der Waals surface area (Å²) in [6, 6.07) is 3.63. The molecule has 0 bridgehead atoms. The van der Waals surface area contributed by atoms with Gasteiger partial charge in [0, 0.05) is 31.5 Å². The van der Waals surface area contributed by atoms with E-state index in [0.717, 1.165) is 25.3 Å². The fourth-order valence-corrected chi connectivity index (χ4v) is 3.72. The Morgan fingerprint density at radius 2 is 2.00 bits per heavy atom. The Labute approximate surface area is 165 Å². The highest BCUT2D eigenvalue weighted by molar-refractivity contribution is 6.02. The lowest BCUT2D eigenvalue weighted by Crippen LogP contribution is -2.51. The van der Waals surface area contributed by atoms with Gasteiger partial charge in [0.25, 0.3) is 0 Å². The SMILES string of the molecule is CN1C(=O)CN(C2CCC2)c2nc(-n3ccnc3-c3ccc(F)cc3F)ncc21. The van der Waals surface area contributed by atoms with Crippen molar-refractivity contribution in [3.63, 3.8) is 0 Å². The van der Waals surface area contributed by atoms with Gasteiger partial charge in [-0.2, -0.15) is 4.98 Å². The van der Waals surface area contributed by atoms with Crippen LogP contribution in [0.3, 0.4) is 0 Å². The molecule has 0 saturated heterocycles. The minimum absolute atomic E-state index is 0.00236. The maximum Gasteiger partial charge on any atom is 0.246 e. The summed E-state index contributed by atoms with van der Waals surface area (Å²) in [7, 11) is 1.71. The molecule has 2 aliphatic rings. The number of fused-ring (bicyclic) bond motifs is 1. The number of amides is 1. The lowest BCUT2D eigenvalue weighted by Gasteiger charge is -2.42. The topological polar surface area (TPSA) is 67.2 Å². The number of hydrogen-bond donors (Lipinski definition) is 0. The summed E-state index contributed by atoms with van der Waals surface area (Å²) in [5.74, 6) is -0.0986. The third-order valence-electron chi connectivity index (χ3n) is 5.59. The van der Waals surface area contributed by atoms with Crippen LogP contribution in [-0.2, 0) is 4.79 Å². The Balaban J connectivity index is 1.61. The predicted octanol–water partition coefficient (Wildman–Crippen LogP) is 2.94. The highest BCUT2D eigenvalue weighted by Crippen LogP contribution is 2.37. The van der Waals surface area contributed by atoms with Gasteiger partial charge in [-0.05, 0) is 31.4 Å². The van der Waals surface area contributed by atoms with E-state index in [1.165, 1.54) is 18.3 Å². The summed E-state index contributed by atoms with van der Waals surface area (Å²) in [5.41, 5.74) is 0.799. The molecule has 1 aliphatic heterocycles. The monoisotopic (exact) mass is 396 g/mol. The second-order valence-electron chi connectivity index (χ2n) is 7.29. The first kappa shape index (κ1) is 17.7. The summed E-state index contributed by atoms with van der Waals surface area (Å²) in [4.78, 5) is 29.3. The van der Waals surface area contributed by atoms with E-state index in [1.54, 1.807) is 28.9 Å². The Kier molecular flexibility index (Phi) is 4.04. The van der Waals surface area contributed by atoms with E-state index in [-0.39, 0.29) is 29.9 Å². The molecule has 0 unspecified atom stereocenters. The van der Waals surface area contributed by atoms with E-state index in [1.807, 2.05) is 4.90 Å². The minimum atomic E-state index is -0.711. The molecule has 3 heterocycles. The van der Waals surface area contributed by atoms with Gasteiger partial charge in [-0.15, -0.1) is 0 Å². The van der Waals surface area contributed by atoms with Crippen LogP contribution >= 0.6 is 0 Å². The van der Waals surface area contributed by atoms with Crippen molar-refractivity contribution >= 4 is 17.4 Å². The molecule has 3 aromatic rings. The molecule has 0 radical (unpaired) electrons. The van der Waals surface area contributed by atoms with Crippen molar-refractivity contribution in [3.8, 4) is 17.3 Å². The number of hydrogen-bond acceptors (Lipinski definition) is 5. The predicted molar refractivity (Wildman–Crippen MR) is 103 cm³/mol.